The molecule has 0 fully saturated rings. The number of nitrogens with two attached hydrogens (primary N) is 2. The Bertz CT molecular complexity index is 1390. The van der Waals surface area contributed by atoms with Crippen LogP contribution in [0.2, 0.25) is 0 Å². The van der Waals surface area contributed by atoms with Crippen molar-refractivity contribution in [3.05, 3.63) is 88.2 Å². The Labute approximate surface area is 216 Å². The third kappa shape index (κ3) is 5.64. The molecule has 0 bridgehead atoms. The number of primary amides is 1. The Balaban J connectivity index is 1.70. The molecule has 0 saturated carbocycles. The van der Waals surface area contributed by atoms with Crippen molar-refractivity contribution < 1.29 is 28.0 Å². The number of ether oxygens (including phenoxy) is 1. The van der Waals surface area contributed by atoms with Gasteiger partial charge in [0.15, 0.2) is 11.7 Å². The monoisotopic (exact) mass is 523 g/mol. The second-order valence-corrected chi connectivity index (χ2v) is 8.84. The molecule has 1 aromatic carbocycles. The summed E-state index contributed by atoms with van der Waals surface area (Å²) in [5, 5.41) is 2.87. The van der Waals surface area contributed by atoms with E-state index in [0.717, 1.165) is 17.1 Å². The van der Waals surface area contributed by atoms with E-state index in [1.807, 2.05) is 12.1 Å². The molecule has 11 nitrogen and oxygen atoms in total. The zero-order valence-corrected chi connectivity index (χ0v) is 20.9. The molecule has 5 N–H and O–H groups in total. The van der Waals surface area contributed by atoms with Crippen LogP contribution < -0.4 is 21.5 Å². The van der Waals surface area contributed by atoms with Gasteiger partial charge in [-0.2, -0.15) is 4.37 Å². The number of benzene rings is 1. The van der Waals surface area contributed by atoms with Crippen LogP contribution in [-0.2, 0) is 17.9 Å². The molecule has 0 radical (unpaired) electrons. The number of nitrogens with one attached hydrogen (secondary N) is 1. The number of hydrogen-bond acceptors (Lipinski definition) is 9. The SMILES string of the molecule is COc1ccc(CNC(=O)C(c2ccc(C)o2)N(Cc2ccco2)C(=O)c2snc(C(N)=O)c2N)cc1. The second kappa shape index (κ2) is 11.0. The molecule has 3 heterocycles. The molecule has 1 atom stereocenters. The third-order valence-electron chi connectivity index (χ3n) is 5.54. The van der Waals surface area contributed by atoms with Gasteiger partial charge in [0.25, 0.3) is 17.7 Å². The van der Waals surface area contributed by atoms with Gasteiger partial charge in [-0.3, -0.25) is 14.4 Å². The quantitative estimate of drug-likeness (QED) is 0.285. The van der Waals surface area contributed by atoms with Gasteiger partial charge in [0.1, 0.15) is 27.9 Å². The van der Waals surface area contributed by atoms with Crippen molar-refractivity contribution in [2.75, 3.05) is 12.8 Å². The third-order valence-corrected chi connectivity index (χ3v) is 6.39. The summed E-state index contributed by atoms with van der Waals surface area (Å²) in [6, 6.07) is 12.7. The molecule has 192 valence electrons. The Morgan fingerprint density at radius 1 is 1.16 bits per heavy atom. The van der Waals surface area contributed by atoms with Gasteiger partial charge < -0.3 is 35.3 Å². The van der Waals surface area contributed by atoms with Gasteiger partial charge >= 0.3 is 0 Å². The lowest BCUT2D eigenvalue weighted by Gasteiger charge is -2.29. The average molecular weight is 524 g/mol. The summed E-state index contributed by atoms with van der Waals surface area (Å²) in [6.45, 7) is 1.83. The molecule has 4 aromatic rings. The van der Waals surface area contributed by atoms with Crippen molar-refractivity contribution >= 4 is 34.9 Å². The van der Waals surface area contributed by atoms with E-state index in [1.165, 1.54) is 11.2 Å². The predicted molar refractivity (Wildman–Crippen MR) is 135 cm³/mol. The van der Waals surface area contributed by atoms with Gasteiger partial charge in [-0.1, -0.05) is 12.1 Å². The van der Waals surface area contributed by atoms with Crippen LogP contribution in [0.3, 0.4) is 0 Å². The van der Waals surface area contributed by atoms with Crippen LogP contribution in [0.4, 0.5) is 5.69 Å². The number of aromatic nitrogens is 1. The van der Waals surface area contributed by atoms with E-state index in [1.54, 1.807) is 50.4 Å². The topological polar surface area (TPSA) is 167 Å². The summed E-state index contributed by atoms with van der Waals surface area (Å²) in [5.74, 6) is -0.0966. The number of carbonyl (C=O) groups excluding carboxylic acids is 3. The van der Waals surface area contributed by atoms with Crippen LogP contribution >= 0.6 is 11.5 Å². The first-order valence-corrected chi connectivity index (χ1v) is 11.9. The van der Waals surface area contributed by atoms with E-state index in [9.17, 15) is 14.4 Å². The molecule has 1 unspecified atom stereocenters. The minimum absolute atomic E-state index is 0.0309. The standard InChI is InChI=1S/C25H25N5O6S/c1-14-5-10-18(36-14)21(24(32)28-12-15-6-8-16(34-2)9-7-15)30(13-17-4-3-11-35-17)25(33)22-19(26)20(23(27)31)29-37-22/h3-11,21H,12-13,26H2,1-2H3,(H2,27,31)(H,28,32). The number of amides is 3. The van der Waals surface area contributed by atoms with Crippen LogP contribution in [0, 0.1) is 6.92 Å². The number of methoxy groups -OCH3 is 1. The molecule has 12 heteroatoms. The number of hydrogen-bond donors (Lipinski definition) is 3. The maximum Gasteiger partial charge on any atom is 0.270 e. The van der Waals surface area contributed by atoms with E-state index in [2.05, 4.69) is 9.69 Å². The van der Waals surface area contributed by atoms with Crippen molar-refractivity contribution in [1.82, 2.24) is 14.6 Å². The summed E-state index contributed by atoms with van der Waals surface area (Å²) in [5.41, 5.74) is 11.8. The van der Waals surface area contributed by atoms with Gasteiger partial charge in [-0.15, -0.1) is 0 Å². The Kier molecular flexibility index (Phi) is 7.58. The summed E-state index contributed by atoms with van der Waals surface area (Å²) in [6.07, 6.45) is 1.46. The van der Waals surface area contributed by atoms with Gasteiger partial charge in [0.05, 0.1) is 25.6 Å². The number of furan rings is 2. The highest BCUT2D eigenvalue weighted by atomic mass is 32.1. The van der Waals surface area contributed by atoms with E-state index in [0.29, 0.717) is 17.3 Å². The van der Waals surface area contributed by atoms with E-state index >= 15 is 0 Å². The molecule has 3 aromatic heterocycles. The van der Waals surface area contributed by atoms with Gasteiger partial charge in [0.2, 0.25) is 0 Å². The van der Waals surface area contributed by atoms with Crippen LogP contribution in [0.15, 0.2) is 63.6 Å². The summed E-state index contributed by atoms with van der Waals surface area (Å²) < 4.78 is 20.3. The first-order chi connectivity index (χ1) is 17.8. The zero-order chi connectivity index (χ0) is 26.5. The number of nitrogens with zero attached hydrogens (tertiary/aromatic N) is 2. The Morgan fingerprint density at radius 3 is 2.49 bits per heavy atom. The minimum Gasteiger partial charge on any atom is -0.497 e. The number of aryl methyl sites for hydroxylation is 1. The number of carbonyl (C=O) groups is 3. The highest BCUT2D eigenvalue weighted by Crippen LogP contribution is 2.31. The fourth-order valence-electron chi connectivity index (χ4n) is 3.66. The van der Waals surface area contributed by atoms with Gasteiger partial charge in [0, 0.05) is 6.54 Å². The lowest BCUT2D eigenvalue weighted by molar-refractivity contribution is -0.126. The second-order valence-electron chi connectivity index (χ2n) is 8.07. The normalized spacial score (nSPS) is 11.6. The molecular weight excluding hydrogens is 498 g/mol. The van der Waals surface area contributed by atoms with Crippen molar-refractivity contribution in [1.29, 1.82) is 0 Å². The minimum atomic E-state index is -1.19. The summed E-state index contributed by atoms with van der Waals surface area (Å²) in [4.78, 5) is 40.3. The van der Waals surface area contributed by atoms with E-state index in [-0.39, 0.29) is 35.1 Å². The lowest BCUT2D eigenvalue weighted by Crippen LogP contribution is -2.43. The number of anilines is 1. The van der Waals surface area contributed by atoms with E-state index in [4.69, 9.17) is 25.0 Å². The highest BCUT2D eigenvalue weighted by molar-refractivity contribution is 7.09. The lowest BCUT2D eigenvalue weighted by atomic mass is 10.1. The van der Waals surface area contributed by atoms with Gasteiger partial charge in [-0.05, 0) is 60.4 Å². The zero-order valence-electron chi connectivity index (χ0n) is 20.1. The molecule has 4 rings (SSSR count). The summed E-state index contributed by atoms with van der Waals surface area (Å²) in [7, 11) is 1.57. The van der Waals surface area contributed by atoms with Crippen molar-refractivity contribution in [3.8, 4) is 5.75 Å². The molecule has 3 amide bonds. The first kappa shape index (κ1) is 25.5. The smallest absolute Gasteiger partial charge is 0.270 e. The van der Waals surface area contributed by atoms with Crippen LogP contribution in [0.1, 0.15) is 49.0 Å². The molecule has 0 aliphatic carbocycles. The fraction of sp³-hybridized carbons (Fsp3) is 0.200. The highest BCUT2D eigenvalue weighted by Gasteiger charge is 2.37. The number of rotatable bonds is 10. The molecular formula is C25H25N5O6S. The maximum absolute atomic E-state index is 13.8. The van der Waals surface area contributed by atoms with E-state index < -0.39 is 23.8 Å². The molecule has 0 saturated heterocycles. The maximum atomic E-state index is 13.8. The van der Waals surface area contributed by atoms with Crippen LogP contribution in [0.5, 0.6) is 5.75 Å². The largest absolute Gasteiger partial charge is 0.497 e. The average Bonchev–Trinajstić information content (AvgIpc) is 3.64. The van der Waals surface area contributed by atoms with Crippen molar-refractivity contribution in [2.45, 2.75) is 26.1 Å². The van der Waals surface area contributed by atoms with Gasteiger partial charge in [-0.25, -0.2) is 0 Å². The molecule has 0 aliphatic rings. The predicted octanol–water partition coefficient (Wildman–Crippen LogP) is 3.03. The van der Waals surface area contributed by atoms with Crippen LogP contribution in [0.25, 0.3) is 0 Å². The Hall–Kier alpha value is -4.58. The van der Waals surface area contributed by atoms with Crippen molar-refractivity contribution in [3.63, 3.8) is 0 Å². The fourth-order valence-corrected chi connectivity index (χ4v) is 4.43. The Morgan fingerprint density at radius 2 is 1.92 bits per heavy atom. The van der Waals surface area contributed by atoms with Crippen LogP contribution in [-0.4, -0.2) is 34.1 Å². The molecule has 37 heavy (non-hydrogen) atoms. The number of nitrogen functional groups attached to an aromatic ring is 1. The summed E-state index contributed by atoms with van der Waals surface area (Å²) >= 11 is 0.725. The van der Waals surface area contributed by atoms with Crippen molar-refractivity contribution in [2.24, 2.45) is 5.73 Å². The molecule has 0 spiro atoms. The molecule has 0 aliphatic heterocycles. The first-order valence-electron chi connectivity index (χ1n) is 11.1.